The molecule has 0 bridgehead atoms. The van der Waals surface area contributed by atoms with Crippen LogP contribution in [0.2, 0.25) is 0 Å². The molecule has 0 heterocycles. The van der Waals surface area contributed by atoms with Crippen LogP contribution in [0.25, 0.3) is 0 Å². The maximum absolute atomic E-state index is 10.0. The lowest BCUT2D eigenvalue weighted by molar-refractivity contribution is 0.0876. The molecule has 2 N–H and O–H groups in total. The third kappa shape index (κ3) is 6.46. The van der Waals surface area contributed by atoms with E-state index in [9.17, 15) is 5.11 Å². The van der Waals surface area contributed by atoms with Crippen molar-refractivity contribution in [3.05, 3.63) is 29.3 Å². The Bertz CT molecular complexity index is 427. The molecule has 0 aromatic heterocycles. The van der Waals surface area contributed by atoms with Crippen LogP contribution in [0.3, 0.4) is 0 Å². The number of hydrogen-bond acceptors (Lipinski definition) is 4. The van der Waals surface area contributed by atoms with Gasteiger partial charge in [-0.15, -0.1) is 0 Å². The van der Waals surface area contributed by atoms with Crippen LogP contribution in [-0.2, 0) is 11.3 Å². The van der Waals surface area contributed by atoms with Crippen molar-refractivity contribution in [2.24, 2.45) is 0 Å². The fraction of sp³-hybridized carbons (Fsp3) is 0.647. The minimum absolute atomic E-state index is 0.633. The number of aryl methyl sites for hydroxylation is 1. The van der Waals surface area contributed by atoms with E-state index in [0.29, 0.717) is 6.54 Å². The molecule has 0 saturated heterocycles. The van der Waals surface area contributed by atoms with Gasteiger partial charge in [0.15, 0.2) is 0 Å². The molecule has 0 atom stereocenters. The number of nitrogens with zero attached hydrogens (tertiary/aromatic N) is 1. The van der Waals surface area contributed by atoms with Gasteiger partial charge in [-0.05, 0) is 51.0 Å². The van der Waals surface area contributed by atoms with E-state index in [4.69, 9.17) is 4.74 Å². The summed E-state index contributed by atoms with van der Waals surface area (Å²) >= 11 is 0. The predicted molar refractivity (Wildman–Crippen MR) is 88.9 cm³/mol. The maximum Gasteiger partial charge on any atom is 0.0765 e. The van der Waals surface area contributed by atoms with E-state index in [2.05, 4.69) is 42.3 Å². The summed E-state index contributed by atoms with van der Waals surface area (Å²) in [5.41, 5.74) is 3.04. The van der Waals surface area contributed by atoms with Crippen molar-refractivity contribution in [1.29, 1.82) is 0 Å². The number of rotatable bonds is 9. The second-order valence-corrected chi connectivity index (χ2v) is 6.11. The monoisotopic (exact) mass is 294 g/mol. The summed E-state index contributed by atoms with van der Waals surface area (Å²) in [7, 11) is 1.71. The van der Waals surface area contributed by atoms with Crippen molar-refractivity contribution in [3.8, 4) is 0 Å². The molecule has 0 unspecified atom stereocenters. The Balaban J connectivity index is 2.71. The van der Waals surface area contributed by atoms with Crippen molar-refractivity contribution in [3.63, 3.8) is 0 Å². The zero-order valence-electron chi connectivity index (χ0n) is 14.1. The third-order valence-electron chi connectivity index (χ3n) is 3.45. The summed E-state index contributed by atoms with van der Waals surface area (Å²) in [5.74, 6) is 0. The molecule has 1 aromatic rings. The second-order valence-electron chi connectivity index (χ2n) is 6.11. The summed E-state index contributed by atoms with van der Waals surface area (Å²) in [6, 6.07) is 6.50. The summed E-state index contributed by atoms with van der Waals surface area (Å²) < 4.78 is 5.03. The molecule has 0 saturated carbocycles. The molecule has 1 rings (SSSR count). The first kappa shape index (κ1) is 18.0. The van der Waals surface area contributed by atoms with Crippen molar-refractivity contribution in [2.45, 2.75) is 39.8 Å². The lowest BCUT2D eigenvalue weighted by Crippen LogP contribution is -2.38. The fourth-order valence-electron chi connectivity index (χ4n) is 2.33. The van der Waals surface area contributed by atoms with Crippen molar-refractivity contribution < 1.29 is 9.84 Å². The maximum atomic E-state index is 10.0. The first-order valence-electron chi connectivity index (χ1n) is 7.64. The Morgan fingerprint density at radius 3 is 2.57 bits per heavy atom. The summed E-state index contributed by atoms with van der Waals surface area (Å²) in [6.45, 7) is 11.9. The van der Waals surface area contributed by atoms with Gasteiger partial charge in [-0.3, -0.25) is 0 Å². The summed E-state index contributed by atoms with van der Waals surface area (Å²) in [6.07, 6.45) is 0. The van der Waals surface area contributed by atoms with E-state index < -0.39 is 5.60 Å². The van der Waals surface area contributed by atoms with Gasteiger partial charge in [0.1, 0.15) is 0 Å². The molecule has 0 radical (unpaired) electrons. The highest BCUT2D eigenvalue weighted by Gasteiger charge is 2.17. The predicted octanol–water partition coefficient (Wildman–Crippen LogP) is 2.33. The second kappa shape index (κ2) is 8.37. The average molecular weight is 294 g/mol. The normalized spacial score (nSPS) is 11.7. The molecule has 120 valence electrons. The number of ether oxygens (including phenoxy) is 1. The van der Waals surface area contributed by atoms with Gasteiger partial charge in [0.25, 0.3) is 0 Å². The standard InChI is InChI=1S/C17H30N2O2/c1-6-19(13-17(3,4)20)16-8-7-15(14(2)11-16)12-18-9-10-21-5/h7-8,11,18,20H,6,9-10,12-13H2,1-5H3. The van der Waals surface area contributed by atoms with E-state index in [0.717, 1.165) is 31.9 Å². The molecular formula is C17H30N2O2. The highest BCUT2D eigenvalue weighted by Crippen LogP contribution is 2.21. The van der Waals surface area contributed by atoms with Gasteiger partial charge in [0, 0.05) is 39.0 Å². The molecule has 1 aromatic carbocycles. The number of anilines is 1. The van der Waals surface area contributed by atoms with Crippen molar-refractivity contribution in [1.82, 2.24) is 5.32 Å². The molecule has 0 aliphatic carbocycles. The van der Waals surface area contributed by atoms with Crippen molar-refractivity contribution >= 4 is 5.69 Å². The van der Waals surface area contributed by atoms with Gasteiger partial charge in [-0.25, -0.2) is 0 Å². The number of aliphatic hydroxyl groups is 1. The Kier molecular flexibility index (Phi) is 7.15. The van der Waals surface area contributed by atoms with Gasteiger partial charge in [0.05, 0.1) is 12.2 Å². The molecule has 0 fully saturated rings. The Labute approximate surface area is 129 Å². The number of likely N-dealkylation sites (N-methyl/N-ethyl adjacent to an activating group) is 1. The van der Waals surface area contributed by atoms with E-state index in [1.807, 2.05) is 13.8 Å². The molecule has 0 amide bonds. The third-order valence-corrected chi connectivity index (χ3v) is 3.45. The van der Waals surface area contributed by atoms with E-state index >= 15 is 0 Å². The molecule has 0 spiro atoms. The SMILES string of the molecule is CCN(CC(C)(C)O)c1ccc(CNCCOC)c(C)c1. The molecule has 4 nitrogen and oxygen atoms in total. The average Bonchev–Trinajstić information content (AvgIpc) is 2.41. The van der Waals surface area contributed by atoms with Gasteiger partial charge < -0.3 is 20.1 Å². The summed E-state index contributed by atoms with van der Waals surface area (Å²) in [5, 5.41) is 13.4. The van der Waals surface area contributed by atoms with Crippen LogP contribution in [0.5, 0.6) is 0 Å². The smallest absolute Gasteiger partial charge is 0.0765 e. The Morgan fingerprint density at radius 1 is 1.33 bits per heavy atom. The quantitative estimate of drug-likeness (QED) is 0.686. The first-order valence-corrected chi connectivity index (χ1v) is 7.64. The van der Waals surface area contributed by atoms with Crippen molar-refractivity contribution in [2.75, 3.05) is 38.3 Å². The Morgan fingerprint density at radius 2 is 2.05 bits per heavy atom. The fourth-order valence-corrected chi connectivity index (χ4v) is 2.33. The molecule has 0 aliphatic rings. The van der Waals surface area contributed by atoms with Crippen LogP contribution in [0.1, 0.15) is 31.9 Å². The van der Waals surface area contributed by atoms with E-state index in [1.165, 1.54) is 11.1 Å². The highest BCUT2D eigenvalue weighted by molar-refractivity contribution is 5.51. The topological polar surface area (TPSA) is 44.7 Å². The summed E-state index contributed by atoms with van der Waals surface area (Å²) in [4.78, 5) is 2.20. The molecule has 21 heavy (non-hydrogen) atoms. The number of nitrogens with one attached hydrogen (secondary N) is 1. The molecular weight excluding hydrogens is 264 g/mol. The van der Waals surface area contributed by atoms with Crippen LogP contribution in [0, 0.1) is 6.92 Å². The van der Waals surface area contributed by atoms with Gasteiger partial charge >= 0.3 is 0 Å². The van der Waals surface area contributed by atoms with Crippen LogP contribution in [0.15, 0.2) is 18.2 Å². The molecule has 4 heteroatoms. The lowest BCUT2D eigenvalue weighted by Gasteiger charge is -2.30. The lowest BCUT2D eigenvalue weighted by atomic mass is 10.1. The minimum Gasteiger partial charge on any atom is -0.389 e. The van der Waals surface area contributed by atoms with Gasteiger partial charge in [-0.1, -0.05) is 6.07 Å². The minimum atomic E-state index is -0.690. The zero-order valence-corrected chi connectivity index (χ0v) is 14.1. The van der Waals surface area contributed by atoms with Gasteiger partial charge in [0.2, 0.25) is 0 Å². The zero-order chi connectivity index (χ0) is 15.9. The van der Waals surface area contributed by atoms with E-state index in [-0.39, 0.29) is 0 Å². The van der Waals surface area contributed by atoms with Crippen LogP contribution in [0.4, 0.5) is 5.69 Å². The molecule has 0 aliphatic heterocycles. The number of methoxy groups -OCH3 is 1. The van der Waals surface area contributed by atoms with Crippen LogP contribution >= 0.6 is 0 Å². The number of hydrogen-bond donors (Lipinski definition) is 2. The van der Waals surface area contributed by atoms with Crippen LogP contribution in [-0.4, -0.2) is 44.1 Å². The first-order chi connectivity index (χ1) is 9.87. The van der Waals surface area contributed by atoms with E-state index in [1.54, 1.807) is 7.11 Å². The highest BCUT2D eigenvalue weighted by atomic mass is 16.5. The number of benzene rings is 1. The largest absolute Gasteiger partial charge is 0.389 e. The van der Waals surface area contributed by atoms with Crippen LogP contribution < -0.4 is 10.2 Å². The van der Waals surface area contributed by atoms with Gasteiger partial charge in [-0.2, -0.15) is 0 Å². The Hall–Kier alpha value is -1.10.